The summed E-state index contributed by atoms with van der Waals surface area (Å²) < 4.78 is 0. The van der Waals surface area contributed by atoms with E-state index in [-0.39, 0.29) is 24.2 Å². The van der Waals surface area contributed by atoms with Crippen LogP contribution in [0.1, 0.15) is 44.9 Å². The Balaban J connectivity index is 1.69. The molecule has 6 heteroatoms. The Morgan fingerprint density at radius 3 is 2.27 bits per heavy atom. The fourth-order valence-corrected chi connectivity index (χ4v) is 3.52. The quantitative estimate of drug-likeness (QED) is 0.825. The summed E-state index contributed by atoms with van der Waals surface area (Å²) in [7, 11) is 0. The van der Waals surface area contributed by atoms with E-state index < -0.39 is 12.0 Å². The number of amides is 2. The number of hydrogen-bond donors (Lipinski definition) is 1. The standard InChI is InChI=1S/C16H24N2O4/c19-14(20)9-13-16(22)17(10-11-3-1-4-11)7-8-18(13)15(21)12-5-2-6-12/h11-13H,1-10H2,(H,19,20). The molecule has 0 aromatic heterocycles. The van der Waals surface area contributed by atoms with Crippen molar-refractivity contribution >= 4 is 17.8 Å². The number of carbonyl (C=O) groups is 3. The minimum atomic E-state index is -1.02. The second kappa shape index (κ2) is 6.26. The summed E-state index contributed by atoms with van der Waals surface area (Å²) in [6, 6.07) is -0.806. The monoisotopic (exact) mass is 308 g/mol. The van der Waals surface area contributed by atoms with E-state index in [4.69, 9.17) is 5.11 Å². The topological polar surface area (TPSA) is 77.9 Å². The molecule has 0 spiro atoms. The molecule has 3 fully saturated rings. The van der Waals surface area contributed by atoms with Gasteiger partial charge in [0.25, 0.3) is 0 Å². The van der Waals surface area contributed by atoms with Gasteiger partial charge in [0.05, 0.1) is 6.42 Å². The van der Waals surface area contributed by atoms with Crippen molar-refractivity contribution in [3.05, 3.63) is 0 Å². The van der Waals surface area contributed by atoms with E-state index >= 15 is 0 Å². The highest BCUT2D eigenvalue weighted by Gasteiger charge is 2.42. The Hall–Kier alpha value is -1.59. The van der Waals surface area contributed by atoms with E-state index in [1.54, 1.807) is 4.90 Å². The van der Waals surface area contributed by atoms with Crippen LogP contribution in [0.25, 0.3) is 0 Å². The third-order valence-electron chi connectivity index (χ3n) is 5.39. The fourth-order valence-electron chi connectivity index (χ4n) is 3.52. The van der Waals surface area contributed by atoms with Crippen LogP contribution in [-0.2, 0) is 14.4 Å². The molecule has 1 aliphatic heterocycles. The van der Waals surface area contributed by atoms with Crippen LogP contribution < -0.4 is 0 Å². The van der Waals surface area contributed by atoms with Gasteiger partial charge in [-0.2, -0.15) is 0 Å². The molecule has 0 radical (unpaired) electrons. The number of carboxylic acid groups (broad SMARTS) is 1. The number of carboxylic acids is 1. The molecule has 1 saturated heterocycles. The number of piperazine rings is 1. The van der Waals surface area contributed by atoms with Crippen LogP contribution in [0.5, 0.6) is 0 Å². The number of hydrogen-bond acceptors (Lipinski definition) is 3. The lowest BCUT2D eigenvalue weighted by Gasteiger charge is -2.44. The van der Waals surface area contributed by atoms with E-state index in [1.165, 1.54) is 11.3 Å². The Morgan fingerprint density at radius 1 is 1.09 bits per heavy atom. The number of aliphatic carboxylic acids is 1. The summed E-state index contributed by atoms with van der Waals surface area (Å²) in [4.78, 5) is 39.6. The van der Waals surface area contributed by atoms with Gasteiger partial charge >= 0.3 is 5.97 Å². The molecular weight excluding hydrogens is 284 g/mol. The van der Waals surface area contributed by atoms with E-state index in [0.29, 0.717) is 19.0 Å². The lowest BCUT2D eigenvalue weighted by Crippen LogP contribution is -2.61. The van der Waals surface area contributed by atoms with Crippen molar-refractivity contribution in [1.82, 2.24) is 9.80 Å². The largest absolute Gasteiger partial charge is 0.481 e. The van der Waals surface area contributed by atoms with Crippen LogP contribution in [-0.4, -0.2) is 58.4 Å². The average Bonchev–Trinajstić information content (AvgIpc) is 2.35. The highest BCUT2D eigenvalue weighted by molar-refractivity contribution is 5.92. The first-order valence-corrected chi connectivity index (χ1v) is 8.37. The molecule has 0 bridgehead atoms. The summed E-state index contributed by atoms with van der Waals surface area (Å²) in [6.07, 6.45) is 6.03. The SMILES string of the molecule is O=C(O)CC1C(=O)N(CC2CCC2)CCN1C(=O)C1CCC1. The number of rotatable bonds is 5. The zero-order valence-electron chi connectivity index (χ0n) is 12.9. The van der Waals surface area contributed by atoms with Gasteiger partial charge < -0.3 is 14.9 Å². The molecule has 3 rings (SSSR count). The summed E-state index contributed by atoms with van der Waals surface area (Å²) in [5.74, 6) is -0.650. The maximum Gasteiger partial charge on any atom is 0.305 e. The second-order valence-electron chi connectivity index (χ2n) is 6.85. The fraction of sp³-hybridized carbons (Fsp3) is 0.812. The van der Waals surface area contributed by atoms with Gasteiger partial charge in [0, 0.05) is 25.6 Å². The summed E-state index contributed by atoms with van der Waals surface area (Å²) in [6.45, 7) is 1.75. The Labute approximate surface area is 130 Å². The highest BCUT2D eigenvalue weighted by atomic mass is 16.4. The van der Waals surface area contributed by atoms with Crippen LogP contribution in [0.4, 0.5) is 0 Å². The maximum atomic E-state index is 12.6. The predicted octanol–water partition coefficient (Wildman–Crippen LogP) is 1.10. The van der Waals surface area contributed by atoms with Gasteiger partial charge in [0.15, 0.2) is 0 Å². The van der Waals surface area contributed by atoms with Gasteiger partial charge in [-0.15, -0.1) is 0 Å². The third kappa shape index (κ3) is 2.96. The molecule has 2 amide bonds. The molecular formula is C16H24N2O4. The minimum Gasteiger partial charge on any atom is -0.481 e. The van der Waals surface area contributed by atoms with Crippen molar-refractivity contribution in [3.63, 3.8) is 0 Å². The molecule has 6 nitrogen and oxygen atoms in total. The maximum absolute atomic E-state index is 12.6. The van der Waals surface area contributed by atoms with E-state index in [9.17, 15) is 14.4 Å². The van der Waals surface area contributed by atoms with Crippen LogP contribution in [0.15, 0.2) is 0 Å². The van der Waals surface area contributed by atoms with Crippen molar-refractivity contribution in [2.45, 2.75) is 51.0 Å². The van der Waals surface area contributed by atoms with Crippen molar-refractivity contribution in [2.24, 2.45) is 11.8 Å². The van der Waals surface area contributed by atoms with Crippen molar-refractivity contribution in [3.8, 4) is 0 Å². The highest BCUT2D eigenvalue weighted by Crippen LogP contribution is 2.32. The van der Waals surface area contributed by atoms with E-state index in [0.717, 1.165) is 38.6 Å². The Bertz CT molecular complexity index is 471. The van der Waals surface area contributed by atoms with E-state index in [2.05, 4.69) is 0 Å². The first-order valence-electron chi connectivity index (χ1n) is 8.37. The molecule has 1 atom stereocenters. The lowest BCUT2D eigenvalue weighted by atomic mass is 9.83. The lowest BCUT2D eigenvalue weighted by molar-refractivity contribution is -0.159. The van der Waals surface area contributed by atoms with Crippen molar-refractivity contribution in [2.75, 3.05) is 19.6 Å². The number of nitrogens with zero attached hydrogens (tertiary/aromatic N) is 2. The molecule has 122 valence electrons. The molecule has 2 saturated carbocycles. The number of carbonyl (C=O) groups excluding carboxylic acids is 2. The Morgan fingerprint density at radius 2 is 1.77 bits per heavy atom. The van der Waals surface area contributed by atoms with Crippen LogP contribution in [0.3, 0.4) is 0 Å². The molecule has 3 aliphatic rings. The van der Waals surface area contributed by atoms with Crippen LogP contribution in [0, 0.1) is 11.8 Å². The zero-order chi connectivity index (χ0) is 15.7. The molecule has 1 unspecified atom stereocenters. The van der Waals surface area contributed by atoms with Crippen molar-refractivity contribution in [1.29, 1.82) is 0 Å². The van der Waals surface area contributed by atoms with Crippen molar-refractivity contribution < 1.29 is 19.5 Å². The van der Waals surface area contributed by atoms with Gasteiger partial charge in [-0.05, 0) is 31.6 Å². The zero-order valence-corrected chi connectivity index (χ0v) is 12.9. The normalized spacial score (nSPS) is 26.5. The van der Waals surface area contributed by atoms with Gasteiger partial charge in [-0.3, -0.25) is 14.4 Å². The van der Waals surface area contributed by atoms with Gasteiger partial charge in [0.1, 0.15) is 6.04 Å². The summed E-state index contributed by atoms with van der Waals surface area (Å²) in [5, 5.41) is 9.11. The molecule has 0 aromatic rings. The molecule has 0 aromatic carbocycles. The van der Waals surface area contributed by atoms with Gasteiger partial charge in [0.2, 0.25) is 11.8 Å². The third-order valence-corrected chi connectivity index (χ3v) is 5.39. The first kappa shape index (κ1) is 15.3. The Kier molecular flexibility index (Phi) is 4.36. The molecule has 22 heavy (non-hydrogen) atoms. The average molecular weight is 308 g/mol. The van der Waals surface area contributed by atoms with E-state index in [1.807, 2.05) is 0 Å². The van der Waals surface area contributed by atoms with Crippen LogP contribution >= 0.6 is 0 Å². The minimum absolute atomic E-state index is 0.00211. The first-order chi connectivity index (χ1) is 10.6. The van der Waals surface area contributed by atoms with Gasteiger partial charge in [-0.1, -0.05) is 12.8 Å². The molecule has 1 N–H and O–H groups in total. The van der Waals surface area contributed by atoms with Crippen LogP contribution in [0.2, 0.25) is 0 Å². The smallest absolute Gasteiger partial charge is 0.305 e. The summed E-state index contributed by atoms with van der Waals surface area (Å²) in [5.41, 5.74) is 0. The molecule has 2 aliphatic carbocycles. The summed E-state index contributed by atoms with van der Waals surface area (Å²) >= 11 is 0. The second-order valence-corrected chi connectivity index (χ2v) is 6.85. The molecule has 1 heterocycles. The predicted molar refractivity (Wildman–Crippen MR) is 79.0 cm³/mol. The van der Waals surface area contributed by atoms with Gasteiger partial charge in [-0.25, -0.2) is 0 Å².